The minimum absolute atomic E-state index is 0.176. The molecule has 0 radical (unpaired) electrons. The van der Waals surface area contributed by atoms with Crippen LogP contribution >= 0.6 is 0 Å². The zero-order valence-corrected chi connectivity index (χ0v) is 15.8. The summed E-state index contributed by atoms with van der Waals surface area (Å²) < 4.78 is 10.4. The molecule has 1 aromatic heterocycles. The number of carbonyl (C=O) groups excluding carboxylic acids is 1. The largest absolute Gasteiger partial charge is 0.497 e. The van der Waals surface area contributed by atoms with E-state index in [0.717, 1.165) is 30.1 Å². The van der Waals surface area contributed by atoms with Gasteiger partial charge >= 0.3 is 5.76 Å². The van der Waals surface area contributed by atoms with Crippen LogP contribution in [-0.2, 0) is 11.2 Å². The number of piperazine rings is 1. The number of hydrogen-bond acceptors (Lipinski definition) is 5. The number of hydrogen-bond donors (Lipinski definition) is 1. The molecule has 7 heteroatoms. The van der Waals surface area contributed by atoms with Gasteiger partial charge in [-0.1, -0.05) is 12.1 Å². The number of aryl methyl sites for hydroxylation is 1. The fraction of sp³-hybridized carbons (Fsp3) is 0.333. The van der Waals surface area contributed by atoms with E-state index in [-0.39, 0.29) is 5.91 Å². The normalized spacial score (nSPS) is 14.5. The van der Waals surface area contributed by atoms with Gasteiger partial charge in [0.05, 0.1) is 12.6 Å². The molecule has 1 aliphatic heterocycles. The van der Waals surface area contributed by atoms with Crippen LogP contribution in [0.2, 0.25) is 0 Å². The molecule has 1 fully saturated rings. The Morgan fingerprint density at radius 3 is 2.75 bits per heavy atom. The second kappa shape index (κ2) is 7.80. The first kappa shape index (κ1) is 18.2. The Labute approximate surface area is 162 Å². The van der Waals surface area contributed by atoms with Crippen LogP contribution in [0.25, 0.3) is 11.1 Å². The third-order valence-electron chi connectivity index (χ3n) is 5.16. The maximum Gasteiger partial charge on any atom is 0.417 e. The summed E-state index contributed by atoms with van der Waals surface area (Å²) in [4.78, 5) is 30.6. The van der Waals surface area contributed by atoms with Crippen LogP contribution < -0.4 is 15.4 Å². The second-order valence-corrected chi connectivity index (χ2v) is 6.91. The van der Waals surface area contributed by atoms with Gasteiger partial charge in [0, 0.05) is 44.4 Å². The standard InChI is InChI=1S/C21H23N3O4/c1-27-17-4-2-3-15(13-17)5-8-20(25)24-11-9-23(10-12-24)16-6-7-18-19(14-16)28-21(26)22-18/h2-4,6-7,13-14H,5,8-12H2,1H3,(H,22,26). The number of nitrogens with one attached hydrogen (secondary N) is 1. The number of amides is 1. The molecule has 2 aromatic carbocycles. The van der Waals surface area contributed by atoms with Crippen molar-refractivity contribution in [2.75, 3.05) is 38.2 Å². The van der Waals surface area contributed by atoms with Gasteiger partial charge in [-0.05, 0) is 36.2 Å². The van der Waals surface area contributed by atoms with Crippen molar-refractivity contribution >= 4 is 22.7 Å². The van der Waals surface area contributed by atoms with E-state index in [4.69, 9.17) is 9.15 Å². The third kappa shape index (κ3) is 3.88. The maximum atomic E-state index is 12.6. The molecule has 1 amide bonds. The van der Waals surface area contributed by atoms with Crippen molar-refractivity contribution in [2.45, 2.75) is 12.8 Å². The van der Waals surface area contributed by atoms with Crippen LogP contribution in [0.4, 0.5) is 5.69 Å². The average Bonchev–Trinajstić information content (AvgIpc) is 3.11. The Hall–Kier alpha value is -3.22. The van der Waals surface area contributed by atoms with Crippen LogP contribution in [0.1, 0.15) is 12.0 Å². The Morgan fingerprint density at radius 1 is 1.14 bits per heavy atom. The molecule has 0 saturated carbocycles. The SMILES string of the molecule is COc1cccc(CCC(=O)N2CCN(c3ccc4[nH]c(=O)oc4c3)CC2)c1. The quantitative estimate of drug-likeness (QED) is 0.734. The van der Waals surface area contributed by atoms with E-state index >= 15 is 0 Å². The van der Waals surface area contributed by atoms with E-state index in [9.17, 15) is 9.59 Å². The van der Waals surface area contributed by atoms with Gasteiger partial charge in [-0.2, -0.15) is 0 Å². The van der Waals surface area contributed by atoms with Gasteiger partial charge in [-0.3, -0.25) is 9.78 Å². The number of rotatable bonds is 5. The molecule has 1 aliphatic rings. The van der Waals surface area contributed by atoms with E-state index in [1.54, 1.807) is 7.11 Å². The number of methoxy groups -OCH3 is 1. The number of fused-ring (bicyclic) bond motifs is 1. The summed E-state index contributed by atoms with van der Waals surface area (Å²) in [5, 5.41) is 0. The van der Waals surface area contributed by atoms with Crippen molar-refractivity contribution in [3.05, 3.63) is 58.6 Å². The second-order valence-electron chi connectivity index (χ2n) is 6.91. The Bertz CT molecular complexity index is 1030. The highest BCUT2D eigenvalue weighted by Gasteiger charge is 2.21. The average molecular weight is 381 g/mol. The lowest BCUT2D eigenvalue weighted by Gasteiger charge is -2.36. The topological polar surface area (TPSA) is 78.8 Å². The number of oxazole rings is 1. The number of H-pyrrole nitrogens is 1. The first-order valence-corrected chi connectivity index (χ1v) is 9.41. The third-order valence-corrected chi connectivity index (χ3v) is 5.16. The van der Waals surface area contributed by atoms with Crippen LogP contribution in [0, 0.1) is 0 Å². The predicted molar refractivity (Wildman–Crippen MR) is 107 cm³/mol. The van der Waals surface area contributed by atoms with Crippen molar-refractivity contribution in [3.63, 3.8) is 0 Å². The summed E-state index contributed by atoms with van der Waals surface area (Å²) in [6, 6.07) is 13.5. The minimum Gasteiger partial charge on any atom is -0.497 e. The first-order valence-electron chi connectivity index (χ1n) is 9.41. The van der Waals surface area contributed by atoms with Crippen LogP contribution in [0.15, 0.2) is 51.7 Å². The molecule has 28 heavy (non-hydrogen) atoms. The van der Waals surface area contributed by atoms with Crippen molar-refractivity contribution in [1.29, 1.82) is 0 Å². The van der Waals surface area contributed by atoms with Gasteiger partial charge in [-0.15, -0.1) is 0 Å². The molecule has 0 atom stereocenters. The lowest BCUT2D eigenvalue weighted by atomic mass is 10.1. The van der Waals surface area contributed by atoms with Gasteiger partial charge in [0.25, 0.3) is 0 Å². The minimum atomic E-state index is -0.446. The zero-order valence-electron chi connectivity index (χ0n) is 15.8. The van der Waals surface area contributed by atoms with Crippen molar-refractivity contribution in [1.82, 2.24) is 9.88 Å². The summed E-state index contributed by atoms with van der Waals surface area (Å²) in [6.45, 7) is 2.88. The van der Waals surface area contributed by atoms with Crippen molar-refractivity contribution < 1.29 is 13.9 Å². The van der Waals surface area contributed by atoms with Crippen LogP contribution in [0.5, 0.6) is 5.75 Å². The molecule has 0 bridgehead atoms. The lowest BCUT2D eigenvalue weighted by molar-refractivity contribution is -0.131. The summed E-state index contributed by atoms with van der Waals surface area (Å²) >= 11 is 0. The maximum absolute atomic E-state index is 12.6. The zero-order chi connectivity index (χ0) is 19.5. The van der Waals surface area contributed by atoms with Crippen molar-refractivity contribution in [3.8, 4) is 5.75 Å². The van der Waals surface area contributed by atoms with Gasteiger partial charge in [0.1, 0.15) is 5.75 Å². The lowest BCUT2D eigenvalue weighted by Crippen LogP contribution is -2.48. The fourth-order valence-corrected chi connectivity index (χ4v) is 3.58. The highest BCUT2D eigenvalue weighted by atomic mass is 16.5. The highest BCUT2D eigenvalue weighted by molar-refractivity contribution is 5.78. The molecule has 0 spiro atoms. The van der Waals surface area contributed by atoms with Crippen molar-refractivity contribution in [2.24, 2.45) is 0 Å². The number of anilines is 1. The van der Waals surface area contributed by atoms with E-state index in [1.165, 1.54) is 0 Å². The van der Waals surface area contributed by atoms with E-state index in [2.05, 4.69) is 9.88 Å². The number of aromatic amines is 1. The van der Waals surface area contributed by atoms with E-state index in [0.29, 0.717) is 37.0 Å². The molecule has 7 nitrogen and oxygen atoms in total. The number of benzene rings is 2. The Morgan fingerprint density at radius 2 is 1.96 bits per heavy atom. The Kier molecular flexibility index (Phi) is 5.06. The Balaban J connectivity index is 1.32. The smallest absolute Gasteiger partial charge is 0.417 e. The molecule has 0 aliphatic carbocycles. The molecule has 2 heterocycles. The number of ether oxygens (including phenoxy) is 1. The number of carbonyl (C=O) groups is 1. The molecule has 3 aromatic rings. The fourth-order valence-electron chi connectivity index (χ4n) is 3.58. The van der Waals surface area contributed by atoms with Crippen LogP contribution in [0.3, 0.4) is 0 Å². The molecular formula is C21H23N3O4. The number of aromatic nitrogens is 1. The van der Waals surface area contributed by atoms with Gasteiger partial charge in [-0.25, -0.2) is 4.79 Å². The molecule has 0 unspecified atom stereocenters. The summed E-state index contributed by atoms with van der Waals surface area (Å²) in [5.41, 5.74) is 3.35. The van der Waals surface area contributed by atoms with Gasteiger partial charge in [0.15, 0.2) is 5.58 Å². The van der Waals surface area contributed by atoms with Gasteiger partial charge in [0.2, 0.25) is 5.91 Å². The summed E-state index contributed by atoms with van der Waals surface area (Å²) in [6.07, 6.45) is 1.20. The number of nitrogens with zero attached hydrogens (tertiary/aromatic N) is 2. The predicted octanol–water partition coefficient (Wildman–Crippen LogP) is 2.41. The summed E-state index contributed by atoms with van der Waals surface area (Å²) in [5.74, 6) is 0.543. The van der Waals surface area contributed by atoms with Gasteiger partial charge < -0.3 is 19.0 Å². The summed E-state index contributed by atoms with van der Waals surface area (Å²) in [7, 11) is 1.64. The highest BCUT2D eigenvalue weighted by Crippen LogP contribution is 2.22. The molecule has 146 valence electrons. The molecule has 1 N–H and O–H groups in total. The molecular weight excluding hydrogens is 358 g/mol. The first-order chi connectivity index (χ1) is 13.6. The molecule has 4 rings (SSSR count). The van der Waals surface area contributed by atoms with Crippen LogP contribution in [-0.4, -0.2) is 49.1 Å². The van der Waals surface area contributed by atoms with E-state index in [1.807, 2.05) is 47.4 Å². The molecule has 1 saturated heterocycles. The monoisotopic (exact) mass is 381 g/mol. The van der Waals surface area contributed by atoms with E-state index < -0.39 is 5.76 Å².